The third-order valence-corrected chi connectivity index (χ3v) is 6.34. The average Bonchev–Trinajstić information content (AvgIpc) is 3.26. The predicted octanol–water partition coefficient (Wildman–Crippen LogP) is 4.73. The molecule has 0 aliphatic carbocycles. The number of aryl methyl sites for hydroxylation is 1. The molecule has 0 saturated carbocycles. The Morgan fingerprint density at radius 2 is 1.96 bits per heavy atom. The number of anilines is 3. The molecular formula is C16H20N4O4S3. The van der Waals surface area contributed by atoms with Crippen LogP contribution in [-0.2, 0) is 11.1 Å². The fourth-order valence-electron chi connectivity index (χ4n) is 2.50. The zero-order valence-electron chi connectivity index (χ0n) is 15.1. The van der Waals surface area contributed by atoms with Crippen LogP contribution in [0.5, 0.6) is 5.75 Å². The van der Waals surface area contributed by atoms with Gasteiger partial charge in [0.1, 0.15) is 11.5 Å². The molecule has 0 fully saturated rings. The van der Waals surface area contributed by atoms with Gasteiger partial charge in [0.05, 0.1) is 23.5 Å². The summed E-state index contributed by atoms with van der Waals surface area (Å²) in [5, 5.41) is 18.0. The highest BCUT2D eigenvalue weighted by atomic mass is 32.2. The summed E-state index contributed by atoms with van der Waals surface area (Å²) in [5.74, 6) is 2.26. The number of aromatic nitrogens is 2. The second-order valence-electron chi connectivity index (χ2n) is 7.01. The van der Waals surface area contributed by atoms with E-state index in [1.807, 2.05) is 19.1 Å². The van der Waals surface area contributed by atoms with Gasteiger partial charge in [0.25, 0.3) is 0 Å². The number of hydrogen-bond acceptors (Lipinski definition) is 9. The molecule has 27 heavy (non-hydrogen) atoms. The van der Waals surface area contributed by atoms with Crippen LogP contribution in [0.2, 0.25) is 0 Å². The number of nitrogens with one attached hydrogen (secondary N) is 2. The van der Waals surface area contributed by atoms with E-state index in [9.17, 15) is 13.9 Å². The minimum absolute atomic E-state index is 0.0196. The van der Waals surface area contributed by atoms with Crippen molar-refractivity contribution in [1.82, 2.24) is 8.75 Å². The Kier molecular flexibility index (Phi) is 5.56. The SMILES string of the molecule is Cc1ccc([C@H](Nc2nsnc2Nc2csc(S(=O)O)c2O)C(C)(C)C)o1. The summed E-state index contributed by atoms with van der Waals surface area (Å²) in [6, 6.07) is 3.68. The van der Waals surface area contributed by atoms with E-state index < -0.39 is 11.1 Å². The largest absolute Gasteiger partial charge is 0.504 e. The Bertz CT molecular complexity index is 957. The molecule has 3 aromatic heterocycles. The summed E-state index contributed by atoms with van der Waals surface area (Å²) in [7, 11) is 0. The first-order chi connectivity index (χ1) is 12.7. The second kappa shape index (κ2) is 7.58. The minimum atomic E-state index is -2.25. The maximum Gasteiger partial charge on any atom is 0.200 e. The smallest absolute Gasteiger partial charge is 0.200 e. The first-order valence-corrected chi connectivity index (χ1v) is 10.7. The van der Waals surface area contributed by atoms with Gasteiger partial charge in [-0.3, -0.25) is 0 Å². The maximum absolute atomic E-state index is 11.2. The van der Waals surface area contributed by atoms with Crippen LogP contribution >= 0.6 is 23.1 Å². The van der Waals surface area contributed by atoms with Gasteiger partial charge >= 0.3 is 0 Å². The van der Waals surface area contributed by atoms with Crippen molar-refractivity contribution in [3.8, 4) is 5.75 Å². The number of aromatic hydroxyl groups is 1. The summed E-state index contributed by atoms with van der Waals surface area (Å²) in [4.78, 5) is 0. The fourth-order valence-corrected chi connectivity index (χ4v) is 4.34. The van der Waals surface area contributed by atoms with Crippen molar-refractivity contribution in [2.24, 2.45) is 5.41 Å². The third-order valence-electron chi connectivity index (χ3n) is 3.83. The zero-order chi connectivity index (χ0) is 19.8. The Labute approximate surface area is 167 Å². The lowest BCUT2D eigenvalue weighted by Crippen LogP contribution is -2.25. The summed E-state index contributed by atoms with van der Waals surface area (Å²) >= 11 is -0.249. The van der Waals surface area contributed by atoms with Gasteiger partial charge in [0.2, 0.25) is 11.1 Å². The van der Waals surface area contributed by atoms with Crippen LogP contribution in [0.4, 0.5) is 17.3 Å². The van der Waals surface area contributed by atoms with Gasteiger partial charge in [-0.25, -0.2) is 4.21 Å². The third kappa shape index (κ3) is 4.32. The predicted molar refractivity (Wildman–Crippen MR) is 107 cm³/mol. The van der Waals surface area contributed by atoms with E-state index in [1.54, 1.807) is 5.38 Å². The first-order valence-electron chi connectivity index (χ1n) is 8.00. The van der Waals surface area contributed by atoms with Crippen molar-refractivity contribution in [1.29, 1.82) is 0 Å². The van der Waals surface area contributed by atoms with Crippen LogP contribution in [0.3, 0.4) is 0 Å². The normalized spacial score (nSPS) is 14.1. The summed E-state index contributed by atoms with van der Waals surface area (Å²) in [6.07, 6.45) is 0. The van der Waals surface area contributed by atoms with Crippen molar-refractivity contribution in [2.75, 3.05) is 10.6 Å². The van der Waals surface area contributed by atoms with Crippen LogP contribution in [0.15, 0.2) is 26.1 Å². The molecule has 0 saturated heterocycles. The first kappa shape index (κ1) is 19.8. The standard InChI is InChI=1S/C16H20N4O4S3/c1-8-5-6-10(24-8)12(16(2,3)4)18-14-13(19-26-20-14)17-9-7-25-15(11(9)21)27(22)23/h5-7,12,21H,1-4H3,(H,17,19)(H,18,20)(H,22,23)/t12-/m0/s1. The van der Waals surface area contributed by atoms with Crippen molar-refractivity contribution < 1.29 is 18.3 Å². The van der Waals surface area contributed by atoms with E-state index in [0.717, 1.165) is 34.6 Å². The highest BCUT2D eigenvalue weighted by Crippen LogP contribution is 2.41. The monoisotopic (exact) mass is 428 g/mol. The molecule has 146 valence electrons. The molecule has 0 amide bonds. The number of nitrogens with zero attached hydrogens (tertiary/aromatic N) is 2. The molecule has 3 heterocycles. The lowest BCUT2D eigenvalue weighted by molar-refractivity contribution is 0.300. The number of hydrogen-bond donors (Lipinski definition) is 4. The molecule has 0 aromatic carbocycles. The lowest BCUT2D eigenvalue weighted by atomic mass is 9.85. The van der Waals surface area contributed by atoms with Crippen LogP contribution in [-0.4, -0.2) is 22.6 Å². The lowest BCUT2D eigenvalue weighted by Gasteiger charge is -2.30. The second-order valence-corrected chi connectivity index (χ2v) is 9.59. The van der Waals surface area contributed by atoms with Gasteiger partial charge < -0.3 is 24.7 Å². The molecule has 8 nitrogen and oxygen atoms in total. The van der Waals surface area contributed by atoms with Crippen molar-refractivity contribution >= 4 is 51.5 Å². The fraction of sp³-hybridized carbons (Fsp3) is 0.375. The van der Waals surface area contributed by atoms with Gasteiger partial charge in [0.15, 0.2) is 21.6 Å². The molecule has 1 unspecified atom stereocenters. The quantitative estimate of drug-likeness (QED) is 0.416. The van der Waals surface area contributed by atoms with E-state index in [1.165, 1.54) is 0 Å². The molecule has 0 radical (unpaired) electrons. The van der Waals surface area contributed by atoms with E-state index >= 15 is 0 Å². The molecule has 0 spiro atoms. The van der Waals surface area contributed by atoms with Gasteiger partial charge in [0, 0.05) is 5.38 Å². The highest BCUT2D eigenvalue weighted by Gasteiger charge is 2.30. The molecule has 11 heteroatoms. The Hall–Kier alpha value is -1.95. The van der Waals surface area contributed by atoms with Crippen LogP contribution < -0.4 is 10.6 Å². The Morgan fingerprint density at radius 1 is 1.26 bits per heavy atom. The molecule has 0 bridgehead atoms. The van der Waals surface area contributed by atoms with Crippen LogP contribution in [0.25, 0.3) is 0 Å². The molecular weight excluding hydrogens is 408 g/mol. The molecule has 2 atom stereocenters. The summed E-state index contributed by atoms with van der Waals surface area (Å²) in [6.45, 7) is 8.15. The Morgan fingerprint density at radius 3 is 2.52 bits per heavy atom. The van der Waals surface area contributed by atoms with Gasteiger partial charge in [-0.15, -0.1) is 11.3 Å². The molecule has 0 aliphatic heterocycles. The maximum atomic E-state index is 11.2. The van der Waals surface area contributed by atoms with Crippen molar-refractivity contribution in [3.63, 3.8) is 0 Å². The highest BCUT2D eigenvalue weighted by molar-refractivity contribution is 7.82. The molecule has 0 aliphatic rings. The molecule has 4 N–H and O–H groups in total. The van der Waals surface area contributed by atoms with Crippen LogP contribution in [0.1, 0.15) is 38.3 Å². The van der Waals surface area contributed by atoms with Gasteiger partial charge in [-0.2, -0.15) is 8.75 Å². The zero-order valence-corrected chi connectivity index (χ0v) is 17.6. The van der Waals surface area contributed by atoms with Crippen LogP contribution in [0, 0.1) is 12.3 Å². The summed E-state index contributed by atoms with van der Waals surface area (Å²) < 4.78 is 34.7. The average molecular weight is 429 g/mol. The van der Waals surface area contributed by atoms with E-state index in [0.29, 0.717) is 17.3 Å². The van der Waals surface area contributed by atoms with E-state index in [-0.39, 0.29) is 21.4 Å². The molecule has 3 rings (SSSR count). The van der Waals surface area contributed by atoms with Gasteiger partial charge in [-0.1, -0.05) is 20.8 Å². The van der Waals surface area contributed by atoms with Gasteiger partial charge in [-0.05, 0) is 24.5 Å². The number of furan rings is 1. The number of thiophene rings is 1. The topological polar surface area (TPSA) is 121 Å². The summed E-state index contributed by atoms with van der Waals surface area (Å²) in [5.41, 5.74) is 0.130. The van der Waals surface area contributed by atoms with E-state index in [4.69, 9.17) is 4.42 Å². The minimum Gasteiger partial charge on any atom is -0.504 e. The Balaban J connectivity index is 1.87. The van der Waals surface area contributed by atoms with Crippen molar-refractivity contribution in [2.45, 2.75) is 37.9 Å². The number of rotatable bonds is 6. The van der Waals surface area contributed by atoms with E-state index in [2.05, 4.69) is 40.2 Å². The molecule has 3 aromatic rings. The van der Waals surface area contributed by atoms with Crippen molar-refractivity contribution in [3.05, 3.63) is 29.0 Å².